The lowest BCUT2D eigenvalue weighted by Crippen LogP contribution is -1.90. The number of aryl methyl sites for hydroxylation is 1. The van der Waals surface area contributed by atoms with Crippen LogP contribution in [0.5, 0.6) is 0 Å². The third-order valence-electron chi connectivity index (χ3n) is 6.31. The summed E-state index contributed by atoms with van der Waals surface area (Å²) in [6.07, 6.45) is 8.24. The van der Waals surface area contributed by atoms with E-state index >= 15 is 0 Å². The topological polar surface area (TPSA) is 83.1 Å². The van der Waals surface area contributed by atoms with Gasteiger partial charge in [0.15, 0.2) is 0 Å². The van der Waals surface area contributed by atoms with Crippen LogP contribution < -0.4 is 0 Å². The third-order valence-corrected chi connectivity index (χ3v) is 6.31. The largest absolute Gasteiger partial charge is 0.342 e. The Kier molecular flexibility index (Phi) is 4.47. The van der Waals surface area contributed by atoms with E-state index in [1.807, 2.05) is 18.6 Å². The normalized spacial score (nSPS) is 11.9. The number of aromatic amines is 2. The summed E-state index contributed by atoms with van der Waals surface area (Å²) in [6.45, 7) is 6.38. The highest BCUT2D eigenvalue weighted by atomic mass is 14.9. The van der Waals surface area contributed by atoms with E-state index < -0.39 is 0 Å². The predicted octanol–water partition coefficient (Wildman–Crippen LogP) is 6.40. The van der Waals surface area contributed by atoms with Gasteiger partial charge in [0, 0.05) is 40.4 Å². The first kappa shape index (κ1) is 19.6. The van der Waals surface area contributed by atoms with Gasteiger partial charge in [0.25, 0.3) is 0 Å². The SMILES string of the molecule is CCc1ncc(-c2ccc3c(c2)c2cncnc2c2cc(-c4cnc(C(C)C)[nH]4)ccc32)[nH]1. The molecule has 0 atom stereocenters. The zero-order valence-corrected chi connectivity index (χ0v) is 18.8. The molecular formula is C27H24N6. The van der Waals surface area contributed by atoms with Crippen LogP contribution in [0.15, 0.2) is 61.3 Å². The summed E-state index contributed by atoms with van der Waals surface area (Å²) >= 11 is 0. The molecule has 0 aliphatic heterocycles. The van der Waals surface area contributed by atoms with Crippen molar-refractivity contribution in [2.24, 2.45) is 0 Å². The number of hydrogen-bond donors (Lipinski definition) is 2. The molecule has 3 aromatic carbocycles. The summed E-state index contributed by atoms with van der Waals surface area (Å²) in [5, 5.41) is 5.65. The number of imidazole rings is 2. The summed E-state index contributed by atoms with van der Waals surface area (Å²) in [5.41, 5.74) is 5.20. The lowest BCUT2D eigenvalue weighted by atomic mass is 9.94. The zero-order chi connectivity index (χ0) is 22.5. The zero-order valence-electron chi connectivity index (χ0n) is 18.8. The van der Waals surface area contributed by atoms with Crippen LogP contribution in [0.2, 0.25) is 0 Å². The molecule has 0 amide bonds. The minimum atomic E-state index is 0.356. The fraction of sp³-hybridized carbons (Fsp3) is 0.185. The van der Waals surface area contributed by atoms with Crippen LogP contribution in [0.1, 0.15) is 38.3 Å². The number of fused-ring (bicyclic) bond motifs is 6. The lowest BCUT2D eigenvalue weighted by molar-refractivity contribution is 0.795. The maximum Gasteiger partial charge on any atom is 0.116 e. The van der Waals surface area contributed by atoms with Gasteiger partial charge in [-0.2, -0.15) is 0 Å². The molecule has 2 N–H and O–H groups in total. The lowest BCUT2D eigenvalue weighted by Gasteiger charge is -2.11. The summed E-state index contributed by atoms with van der Waals surface area (Å²) in [5.74, 6) is 2.34. The van der Waals surface area contributed by atoms with Crippen molar-refractivity contribution in [1.29, 1.82) is 0 Å². The maximum atomic E-state index is 4.69. The average molecular weight is 433 g/mol. The predicted molar refractivity (Wildman–Crippen MR) is 133 cm³/mol. The van der Waals surface area contributed by atoms with Crippen LogP contribution in [0.4, 0.5) is 0 Å². The first-order valence-electron chi connectivity index (χ1n) is 11.3. The average Bonchev–Trinajstić information content (AvgIpc) is 3.54. The highest BCUT2D eigenvalue weighted by Crippen LogP contribution is 2.37. The monoisotopic (exact) mass is 432 g/mol. The van der Waals surface area contributed by atoms with E-state index in [1.54, 1.807) is 6.33 Å². The molecule has 0 aliphatic carbocycles. The van der Waals surface area contributed by atoms with Gasteiger partial charge in [0.05, 0.1) is 29.3 Å². The Morgan fingerprint density at radius 2 is 1.42 bits per heavy atom. The fourth-order valence-corrected chi connectivity index (χ4v) is 4.52. The third kappa shape index (κ3) is 3.18. The number of benzene rings is 3. The molecule has 0 fully saturated rings. The molecule has 0 radical (unpaired) electrons. The van der Waals surface area contributed by atoms with Gasteiger partial charge in [-0.1, -0.05) is 45.0 Å². The number of hydrogen-bond acceptors (Lipinski definition) is 4. The van der Waals surface area contributed by atoms with E-state index in [0.717, 1.165) is 62.3 Å². The van der Waals surface area contributed by atoms with E-state index in [-0.39, 0.29) is 0 Å². The minimum absolute atomic E-state index is 0.356. The maximum absolute atomic E-state index is 4.69. The molecule has 3 aromatic heterocycles. The van der Waals surface area contributed by atoms with E-state index in [1.165, 1.54) is 10.8 Å². The Hall–Kier alpha value is -4.06. The molecule has 6 rings (SSSR count). The standard InChI is InChI=1S/C27H24N6/c1-4-25-29-12-23(32-25)16-5-7-18-19-8-6-17(24-13-30-27(33-24)15(2)3)10-21(19)26-22(20(18)9-16)11-28-14-31-26/h5-15H,4H2,1-3H3,(H,29,32)(H,30,33). The van der Waals surface area contributed by atoms with Gasteiger partial charge >= 0.3 is 0 Å². The van der Waals surface area contributed by atoms with Gasteiger partial charge in [0.1, 0.15) is 18.0 Å². The summed E-state index contributed by atoms with van der Waals surface area (Å²) in [4.78, 5) is 24.9. The van der Waals surface area contributed by atoms with Gasteiger partial charge in [0.2, 0.25) is 0 Å². The Bertz CT molecular complexity index is 1620. The van der Waals surface area contributed by atoms with Crippen molar-refractivity contribution in [3.05, 3.63) is 73.0 Å². The number of H-pyrrole nitrogens is 2. The van der Waals surface area contributed by atoms with Crippen molar-refractivity contribution >= 4 is 32.4 Å². The van der Waals surface area contributed by atoms with Gasteiger partial charge in [-0.05, 0) is 28.3 Å². The number of nitrogens with one attached hydrogen (secondary N) is 2. The molecule has 0 spiro atoms. The van der Waals surface area contributed by atoms with Gasteiger partial charge in [-0.25, -0.2) is 19.9 Å². The second-order valence-corrected chi connectivity index (χ2v) is 8.74. The van der Waals surface area contributed by atoms with Crippen LogP contribution in [0.3, 0.4) is 0 Å². The van der Waals surface area contributed by atoms with Crippen LogP contribution in [0.25, 0.3) is 55.0 Å². The molecule has 0 saturated carbocycles. The van der Waals surface area contributed by atoms with Crippen molar-refractivity contribution in [2.45, 2.75) is 33.1 Å². The van der Waals surface area contributed by atoms with E-state index in [2.05, 4.69) is 82.1 Å². The van der Waals surface area contributed by atoms with E-state index in [4.69, 9.17) is 4.98 Å². The molecule has 0 unspecified atom stereocenters. The highest BCUT2D eigenvalue weighted by molar-refractivity contribution is 6.24. The molecule has 6 heteroatoms. The molecular weight excluding hydrogens is 408 g/mol. The second-order valence-electron chi connectivity index (χ2n) is 8.74. The molecule has 33 heavy (non-hydrogen) atoms. The van der Waals surface area contributed by atoms with Crippen molar-refractivity contribution < 1.29 is 0 Å². The van der Waals surface area contributed by atoms with E-state index in [0.29, 0.717) is 5.92 Å². The number of nitrogens with zero attached hydrogens (tertiary/aromatic N) is 4. The summed E-state index contributed by atoms with van der Waals surface area (Å²) < 4.78 is 0. The molecule has 0 bridgehead atoms. The van der Waals surface area contributed by atoms with Crippen LogP contribution in [-0.2, 0) is 6.42 Å². The molecule has 0 aliphatic rings. The smallest absolute Gasteiger partial charge is 0.116 e. The van der Waals surface area contributed by atoms with Crippen LogP contribution >= 0.6 is 0 Å². The first-order valence-corrected chi connectivity index (χ1v) is 11.3. The Morgan fingerprint density at radius 3 is 2.12 bits per heavy atom. The summed E-state index contributed by atoms with van der Waals surface area (Å²) in [6, 6.07) is 13.1. The summed E-state index contributed by atoms with van der Waals surface area (Å²) in [7, 11) is 0. The van der Waals surface area contributed by atoms with E-state index in [9.17, 15) is 0 Å². The minimum Gasteiger partial charge on any atom is -0.342 e. The molecule has 3 heterocycles. The van der Waals surface area contributed by atoms with Crippen molar-refractivity contribution in [3.63, 3.8) is 0 Å². The van der Waals surface area contributed by atoms with Gasteiger partial charge < -0.3 is 9.97 Å². The van der Waals surface area contributed by atoms with Crippen molar-refractivity contribution in [1.82, 2.24) is 29.9 Å². The Balaban J connectivity index is 1.60. The van der Waals surface area contributed by atoms with Crippen LogP contribution in [-0.4, -0.2) is 29.9 Å². The molecule has 6 aromatic rings. The highest BCUT2D eigenvalue weighted by Gasteiger charge is 2.14. The number of aromatic nitrogens is 6. The number of rotatable bonds is 4. The van der Waals surface area contributed by atoms with Gasteiger partial charge in [-0.3, -0.25) is 0 Å². The molecule has 0 saturated heterocycles. The molecule has 6 nitrogen and oxygen atoms in total. The Labute approximate surface area is 191 Å². The fourth-order valence-electron chi connectivity index (χ4n) is 4.52. The van der Waals surface area contributed by atoms with Crippen LogP contribution in [0, 0.1) is 0 Å². The van der Waals surface area contributed by atoms with Crippen molar-refractivity contribution in [3.8, 4) is 22.5 Å². The quantitative estimate of drug-likeness (QED) is 0.316. The Morgan fingerprint density at radius 1 is 0.727 bits per heavy atom. The first-order chi connectivity index (χ1) is 16.1. The van der Waals surface area contributed by atoms with Gasteiger partial charge in [-0.15, -0.1) is 0 Å². The second kappa shape index (κ2) is 7.52. The molecule has 162 valence electrons. The van der Waals surface area contributed by atoms with Crippen molar-refractivity contribution in [2.75, 3.05) is 0 Å².